The molecule has 0 heterocycles. The second-order valence-corrected chi connectivity index (χ2v) is 6.66. The molecule has 19 heavy (non-hydrogen) atoms. The Morgan fingerprint density at radius 3 is 2.68 bits per heavy atom. The van der Waals surface area contributed by atoms with E-state index in [1.807, 2.05) is 18.2 Å². The molecular weight excluding hydrogens is 277 g/mol. The first kappa shape index (κ1) is 15.2. The van der Waals surface area contributed by atoms with Crippen molar-refractivity contribution in [3.63, 3.8) is 0 Å². The van der Waals surface area contributed by atoms with E-state index in [2.05, 4.69) is 19.2 Å². The lowest BCUT2D eigenvalue weighted by atomic mass is 10.0. The molecule has 0 saturated heterocycles. The number of halogens is 2. The molecule has 0 amide bonds. The van der Waals surface area contributed by atoms with Gasteiger partial charge in [-0.15, -0.1) is 0 Å². The van der Waals surface area contributed by atoms with Gasteiger partial charge in [0, 0.05) is 16.1 Å². The molecular formula is C16H23Cl2N. The fourth-order valence-corrected chi connectivity index (χ4v) is 3.62. The van der Waals surface area contributed by atoms with Crippen molar-refractivity contribution in [1.82, 2.24) is 5.32 Å². The van der Waals surface area contributed by atoms with Crippen LogP contribution < -0.4 is 5.32 Å². The summed E-state index contributed by atoms with van der Waals surface area (Å²) in [7, 11) is 0. The van der Waals surface area contributed by atoms with Gasteiger partial charge in [0.15, 0.2) is 0 Å². The number of nitrogens with one attached hydrogen (secondary N) is 1. The van der Waals surface area contributed by atoms with E-state index in [-0.39, 0.29) is 0 Å². The molecule has 1 fully saturated rings. The van der Waals surface area contributed by atoms with Crippen LogP contribution in [0.15, 0.2) is 18.2 Å². The normalized spacial score (nSPS) is 24.6. The Balaban J connectivity index is 1.96. The van der Waals surface area contributed by atoms with Crippen molar-refractivity contribution in [3.05, 3.63) is 33.8 Å². The van der Waals surface area contributed by atoms with E-state index in [1.54, 1.807) is 0 Å². The van der Waals surface area contributed by atoms with Crippen molar-refractivity contribution in [3.8, 4) is 0 Å². The molecule has 3 heteroatoms. The Bertz CT molecular complexity index is 419. The monoisotopic (exact) mass is 299 g/mol. The molecule has 106 valence electrons. The maximum atomic E-state index is 6.30. The maximum Gasteiger partial charge on any atom is 0.0468 e. The van der Waals surface area contributed by atoms with Gasteiger partial charge in [-0.25, -0.2) is 0 Å². The second kappa shape index (κ2) is 6.97. The summed E-state index contributed by atoms with van der Waals surface area (Å²) in [5.41, 5.74) is 1.17. The van der Waals surface area contributed by atoms with Gasteiger partial charge in [0.25, 0.3) is 0 Å². The maximum absolute atomic E-state index is 6.30. The molecule has 1 N–H and O–H groups in total. The summed E-state index contributed by atoms with van der Waals surface area (Å²) in [4.78, 5) is 0. The predicted molar refractivity (Wildman–Crippen MR) is 84.0 cm³/mol. The van der Waals surface area contributed by atoms with Gasteiger partial charge < -0.3 is 5.32 Å². The Morgan fingerprint density at radius 1 is 1.32 bits per heavy atom. The molecule has 2 rings (SSSR count). The minimum absolute atomic E-state index is 0.334. The van der Waals surface area contributed by atoms with E-state index in [0.29, 0.717) is 11.1 Å². The van der Waals surface area contributed by atoms with E-state index in [0.717, 1.165) is 29.8 Å². The molecule has 0 aromatic heterocycles. The summed E-state index contributed by atoms with van der Waals surface area (Å²) in [5.74, 6) is 1.72. The highest BCUT2D eigenvalue weighted by atomic mass is 35.5. The average Bonchev–Trinajstić information content (AvgIpc) is 2.78. The van der Waals surface area contributed by atoms with Crippen LogP contribution in [0.3, 0.4) is 0 Å². The third kappa shape index (κ3) is 4.11. The van der Waals surface area contributed by atoms with Crippen molar-refractivity contribution in [2.75, 3.05) is 6.54 Å². The number of benzene rings is 1. The fourth-order valence-electron chi connectivity index (χ4n) is 3.08. The van der Waals surface area contributed by atoms with E-state index in [1.165, 1.54) is 24.8 Å². The Hall–Kier alpha value is -0.240. The molecule has 1 aliphatic rings. The van der Waals surface area contributed by atoms with Crippen LogP contribution in [0.25, 0.3) is 0 Å². The average molecular weight is 300 g/mol. The van der Waals surface area contributed by atoms with Crippen LogP contribution in [0.1, 0.15) is 51.1 Å². The Labute approximate surface area is 126 Å². The van der Waals surface area contributed by atoms with Crippen molar-refractivity contribution < 1.29 is 0 Å². The largest absolute Gasteiger partial charge is 0.310 e. The number of hydrogen-bond donors (Lipinski definition) is 1. The molecule has 1 aromatic carbocycles. The van der Waals surface area contributed by atoms with Gasteiger partial charge in [-0.1, -0.05) is 49.5 Å². The van der Waals surface area contributed by atoms with E-state index in [9.17, 15) is 0 Å². The highest BCUT2D eigenvalue weighted by molar-refractivity contribution is 6.35. The van der Waals surface area contributed by atoms with Crippen LogP contribution in [0.2, 0.25) is 10.0 Å². The van der Waals surface area contributed by atoms with Gasteiger partial charge in [-0.2, -0.15) is 0 Å². The quantitative estimate of drug-likeness (QED) is 0.760. The van der Waals surface area contributed by atoms with Crippen molar-refractivity contribution in [2.45, 2.75) is 45.6 Å². The number of rotatable bonds is 5. The van der Waals surface area contributed by atoms with Gasteiger partial charge in [0.05, 0.1) is 0 Å². The highest BCUT2D eigenvalue weighted by Crippen LogP contribution is 2.32. The second-order valence-electron chi connectivity index (χ2n) is 5.82. The Morgan fingerprint density at radius 2 is 2.11 bits per heavy atom. The summed E-state index contributed by atoms with van der Waals surface area (Å²) < 4.78 is 0. The van der Waals surface area contributed by atoms with E-state index >= 15 is 0 Å². The predicted octanol–water partition coefficient (Wildman–Crippen LogP) is 5.47. The molecule has 3 unspecified atom stereocenters. The van der Waals surface area contributed by atoms with Crippen LogP contribution in [0, 0.1) is 11.8 Å². The molecule has 0 spiro atoms. The van der Waals surface area contributed by atoms with Gasteiger partial charge in [-0.05, 0) is 55.3 Å². The Kier molecular flexibility index (Phi) is 5.56. The van der Waals surface area contributed by atoms with Crippen molar-refractivity contribution in [1.29, 1.82) is 0 Å². The minimum atomic E-state index is 0.334. The molecule has 1 nitrogen and oxygen atoms in total. The molecule has 0 radical (unpaired) electrons. The van der Waals surface area contributed by atoms with Gasteiger partial charge in [-0.3, -0.25) is 0 Å². The first-order chi connectivity index (χ1) is 9.10. The fraction of sp³-hybridized carbons (Fsp3) is 0.625. The zero-order valence-corrected chi connectivity index (χ0v) is 13.3. The van der Waals surface area contributed by atoms with Crippen LogP contribution in [-0.2, 0) is 0 Å². The first-order valence-electron chi connectivity index (χ1n) is 7.28. The zero-order chi connectivity index (χ0) is 13.8. The summed E-state index contributed by atoms with van der Waals surface area (Å²) in [6.07, 6.45) is 5.14. The van der Waals surface area contributed by atoms with Crippen LogP contribution >= 0.6 is 23.2 Å². The SMILES string of the molecule is CCC(NCC1CCC(C)C1)c1ccc(Cl)cc1Cl. The molecule has 0 bridgehead atoms. The zero-order valence-electron chi connectivity index (χ0n) is 11.8. The van der Waals surface area contributed by atoms with Crippen LogP contribution in [0.4, 0.5) is 0 Å². The molecule has 1 aromatic rings. The van der Waals surface area contributed by atoms with Crippen LogP contribution in [-0.4, -0.2) is 6.54 Å². The standard InChI is InChI=1S/C16H23Cl2N/c1-3-16(14-7-6-13(17)9-15(14)18)19-10-12-5-4-11(2)8-12/h6-7,9,11-12,16,19H,3-5,8,10H2,1-2H3. The minimum Gasteiger partial charge on any atom is -0.310 e. The molecule has 1 saturated carbocycles. The lowest BCUT2D eigenvalue weighted by Gasteiger charge is -2.21. The summed E-state index contributed by atoms with van der Waals surface area (Å²) in [6.45, 7) is 5.65. The third-order valence-corrected chi connectivity index (χ3v) is 4.76. The van der Waals surface area contributed by atoms with E-state index in [4.69, 9.17) is 23.2 Å². The smallest absolute Gasteiger partial charge is 0.0468 e. The van der Waals surface area contributed by atoms with Crippen LogP contribution in [0.5, 0.6) is 0 Å². The van der Waals surface area contributed by atoms with Crippen molar-refractivity contribution >= 4 is 23.2 Å². The first-order valence-corrected chi connectivity index (χ1v) is 8.04. The number of hydrogen-bond acceptors (Lipinski definition) is 1. The molecule has 3 atom stereocenters. The lowest BCUT2D eigenvalue weighted by molar-refractivity contribution is 0.421. The highest BCUT2D eigenvalue weighted by Gasteiger charge is 2.22. The van der Waals surface area contributed by atoms with E-state index < -0.39 is 0 Å². The summed E-state index contributed by atoms with van der Waals surface area (Å²) in [6, 6.07) is 6.13. The summed E-state index contributed by atoms with van der Waals surface area (Å²) in [5, 5.41) is 5.15. The third-order valence-electron chi connectivity index (χ3n) is 4.20. The molecule has 1 aliphatic carbocycles. The van der Waals surface area contributed by atoms with Gasteiger partial charge in [0.1, 0.15) is 0 Å². The van der Waals surface area contributed by atoms with Gasteiger partial charge in [0.2, 0.25) is 0 Å². The molecule has 0 aliphatic heterocycles. The lowest BCUT2D eigenvalue weighted by Crippen LogP contribution is -2.26. The van der Waals surface area contributed by atoms with Gasteiger partial charge >= 0.3 is 0 Å². The topological polar surface area (TPSA) is 12.0 Å². The van der Waals surface area contributed by atoms with Crippen molar-refractivity contribution in [2.24, 2.45) is 11.8 Å². The summed E-state index contributed by atoms with van der Waals surface area (Å²) >= 11 is 12.3.